The predicted octanol–water partition coefficient (Wildman–Crippen LogP) is 0.718. The summed E-state index contributed by atoms with van der Waals surface area (Å²) in [6, 6.07) is -0.859. The van der Waals surface area contributed by atoms with E-state index in [-0.39, 0.29) is 54.9 Å². The zero-order valence-corrected chi connectivity index (χ0v) is 17.4. The number of nitrogens with zero attached hydrogens (tertiary/aromatic N) is 2. The van der Waals surface area contributed by atoms with E-state index >= 15 is 0 Å². The van der Waals surface area contributed by atoms with Crippen LogP contribution in [0.5, 0.6) is 0 Å². The Morgan fingerprint density at radius 1 is 1.52 bits per heavy atom. The normalized spacial score (nSPS) is 25.0. The maximum atomic E-state index is 12.4. The number of nitrogens with one attached hydrogen (secondary N) is 1. The Bertz CT molecular complexity index is 382. The van der Waals surface area contributed by atoms with Crippen molar-refractivity contribution in [1.82, 2.24) is 15.1 Å². The SMILES string of the molecule is [3H]C1CC[C@H](C[CH2-])N1C(=O)[C@H]([CH2-])NC(=O)[C@H](C)CN(C)C.[U+2]. The first kappa shape index (κ1) is 19.0. The van der Waals surface area contributed by atoms with Gasteiger partial charge in [0.15, 0.2) is 0 Å². The number of carbonyl (C=O) groups is 2. The molecule has 1 N–H and O–H groups in total. The van der Waals surface area contributed by atoms with Gasteiger partial charge in [0.05, 0.1) is 0 Å². The molecule has 0 radical (unpaired) electrons. The average Bonchev–Trinajstić information content (AvgIpc) is 2.77. The van der Waals surface area contributed by atoms with Gasteiger partial charge in [-0.15, -0.1) is 0 Å². The van der Waals surface area contributed by atoms with Crippen molar-refractivity contribution in [1.29, 1.82) is 0 Å². The molecule has 2 amide bonds. The first-order chi connectivity index (χ1) is 9.77. The molecular formula is C15H27N3O2U. The van der Waals surface area contributed by atoms with Gasteiger partial charge in [0, 0.05) is 26.4 Å². The second-order valence-electron chi connectivity index (χ2n) is 5.67. The minimum Gasteiger partial charge on any atom is -0.374 e. The summed E-state index contributed by atoms with van der Waals surface area (Å²) in [7, 11) is 3.79. The van der Waals surface area contributed by atoms with Gasteiger partial charge >= 0.3 is 31.1 Å². The van der Waals surface area contributed by atoms with E-state index in [1.54, 1.807) is 0 Å². The van der Waals surface area contributed by atoms with Crippen molar-refractivity contribution in [3.05, 3.63) is 13.8 Å². The van der Waals surface area contributed by atoms with Crippen molar-refractivity contribution in [3.8, 4) is 0 Å². The number of amides is 2. The minimum atomic E-state index is -0.845. The number of carbonyl (C=O) groups excluding carboxylic acids is 2. The molecule has 6 heteroatoms. The van der Waals surface area contributed by atoms with E-state index in [1.807, 2.05) is 25.9 Å². The largest absolute Gasteiger partial charge is 2.00 e. The molecule has 0 aliphatic carbocycles. The molecule has 1 fully saturated rings. The van der Waals surface area contributed by atoms with Crippen LogP contribution in [0.25, 0.3) is 0 Å². The van der Waals surface area contributed by atoms with E-state index in [0.29, 0.717) is 19.4 Å². The predicted molar refractivity (Wildman–Crippen MR) is 79.7 cm³/mol. The molecule has 1 saturated heterocycles. The zero-order valence-electron chi connectivity index (χ0n) is 14.3. The van der Waals surface area contributed by atoms with Crippen LogP contribution in [0.1, 0.15) is 27.6 Å². The van der Waals surface area contributed by atoms with Gasteiger partial charge in [0.1, 0.15) is 0 Å². The smallest absolute Gasteiger partial charge is 0.374 e. The molecule has 0 aromatic rings. The Morgan fingerprint density at radius 3 is 2.67 bits per heavy atom. The van der Waals surface area contributed by atoms with Gasteiger partial charge in [0.2, 0.25) is 11.8 Å². The third kappa shape index (κ3) is 6.30. The molecule has 21 heavy (non-hydrogen) atoms. The van der Waals surface area contributed by atoms with Crippen LogP contribution >= 0.6 is 0 Å². The summed E-state index contributed by atoms with van der Waals surface area (Å²) in [6.45, 7) is 9.44. The van der Waals surface area contributed by atoms with E-state index in [1.165, 1.54) is 4.90 Å². The zero-order chi connectivity index (χ0) is 16.2. The number of rotatable bonds is 6. The molecule has 0 aromatic heterocycles. The Balaban J connectivity index is 0.00000441. The molecule has 1 aliphatic rings. The molecule has 0 spiro atoms. The monoisotopic (exact) mass is 521 g/mol. The summed E-state index contributed by atoms with van der Waals surface area (Å²) in [6.07, 6.45) is 2.03. The third-order valence-corrected chi connectivity index (χ3v) is 3.51. The first-order valence-electron chi connectivity index (χ1n) is 7.67. The summed E-state index contributed by atoms with van der Waals surface area (Å²) < 4.78 is 7.94. The van der Waals surface area contributed by atoms with Crippen LogP contribution in [-0.4, -0.2) is 60.9 Å². The summed E-state index contributed by atoms with van der Waals surface area (Å²) in [5, 5.41) is 2.66. The topological polar surface area (TPSA) is 52.7 Å². The Morgan fingerprint density at radius 2 is 2.14 bits per heavy atom. The number of likely N-dealkylation sites (tertiary alicyclic amines) is 1. The molecule has 1 unspecified atom stereocenters. The number of hydrogen-bond donors (Lipinski definition) is 1. The first-order valence-corrected chi connectivity index (χ1v) is 7.09. The Hall–Kier alpha value is -0.0481. The second-order valence-corrected chi connectivity index (χ2v) is 5.67. The van der Waals surface area contributed by atoms with Crippen molar-refractivity contribution in [3.63, 3.8) is 0 Å². The van der Waals surface area contributed by atoms with E-state index in [4.69, 9.17) is 1.37 Å². The van der Waals surface area contributed by atoms with Gasteiger partial charge in [-0.1, -0.05) is 6.92 Å². The van der Waals surface area contributed by atoms with E-state index in [9.17, 15) is 9.59 Å². The summed E-state index contributed by atoms with van der Waals surface area (Å²) in [5.74, 6) is -0.693. The van der Waals surface area contributed by atoms with E-state index in [2.05, 4.69) is 19.2 Å². The molecule has 0 bridgehead atoms. The van der Waals surface area contributed by atoms with Crippen LogP contribution in [0.4, 0.5) is 0 Å². The van der Waals surface area contributed by atoms with Crippen molar-refractivity contribution >= 4 is 11.8 Å². The average molecular weight is 521 g/mol. The van der Waals surface area contributed by atoms with E-state index in [0.717, 1.165) is 6.42 Å². The maximum absolute atomic E-state index is 12.4. The van der Waals surface area contributed by atoms with Crippen molar-refractivity contribution in [2.24, 2.45) is 5.92 Å². The maximum Gasteiger partial charge on any atom is 2.00 e. The molecule has 118 valence electrons. The Labute approximate surface area is 154 Å². The molecular weight excluding hydrogens is 492 g/mol. The van der Waals surface area contributed by atoms with Gasteiger partial charge < -0.3 is 29.0 Å². The summed E-state index contributed by atoms with van der Waals surface area (Å²) in [4.78, 5) is 27.9. The van der Waals surface area contributed by atoms with Crippen LogP contribution in [0.3, 0.4) is 0 Å². The van der Waals surface area contributed by atoms with Gasteiger partial charge in [-0.2, -0.15) is 6.42 Å². The summed E-state index contributed by atoms with van der Waals surface area (Å²) in [5.41, 5.74) is 0. The molecule has 5 nitrogen and oxygen atoms in total. The van der Waals surface area contributed by atoms with E-state index < -0.39 is 12.6 Å². The van der Waals surface area contributed by atoms with Gasteiger partial charge in [-0.25, -0.2) is 0 Å². The molecule has 0 saturated carbocycles. The fourth-order valence-corrected chi connectivity index (χ4v) is 2.43. The van der Waals surface area contributed by atoms with Gasteiger partial charge in [-0.3, -0.25) is 9.59 Å². The van der Waals surface area contributed by atoms with Crippen LogP contribution in [-0.2, 0) is 9.59 Å². The number of hydrogen-bond acceptors (Lipinski definition) is 3. The van der Waals surface area contributed by atoms with Crippen LogP contribution in [0.2, 0.25) is 0 Å². The molecule has 0 aromatic carbocycles. The van der Waals surface area contributed by atoms with Crippen molar-refractivity contribution in [2.75, 3.05) is 27.2 Å². The fourth-order valence-electron chi connectivity index (χ4n) is 2.43. The Kier molecular flexibility index (Phi) is 8.93. The van der Waals surface area contributed by atoms with Crippen molar-refractivity contribution < 1.29 is 42.1 Å². The van der Waals surface area contributed by atoms with Crippen LogP contribution in [0, 0.1) is 50.9 Å². The van der Waals surface area contributed by atoms with Gasteiger partial charge in [0.25, 0.3) is 0 Å². The van der Waals surface area contributed by atoms with Crippen molar-refractivity contribution in [2.45, 2.75) is 38.3 Å². The molecule has 1 heterocycles. The molecule has 4 atom stereocenters. The summed E-state index contributed by atoms with van der Waals surface area (Å²) >= 11 is 0. The van der Waals surface area contributed by atoms with Crippen LogP contribution < -0.4 is 5.32 Å². The van der Waals surface area contributed by atoms with Gasteiger partial charge in [-0.05, 0) is 33.0 Å². The molecule has 1 aliphatic heterocycles. The fraction of sp³-hybridized carbons (Fsp3) is 0.733. The second kappa shape index (κ2) is 9.87. The third-order valence-electron chi connectivity index (χ3n) is 3.51. The quantitative estimate of drug-likeness (QED) is 0.525. The minimum absolute atomic E-state index is 0. The standard InChI is InChI=1S/C15H27N3O2.U/c1-6-13-8-7-9-18(13)15(20)12(3)16-14(19)11(2)10-17(4)5;/h11-13H,1,3,6-10H2,2,4-5H3,(H,16,19);/q-2;+2/t11-,12+,13+;/m1./s1/i9T;/t9?,11-,12+,13+;. The van der Waals surface area contributed by atoms with Crippen LogP contribution in [0.15, 0.2) is 0 Å². The molecule has 1 rings (SSSR count).